The van der Waals surface area contributed by atoms with Crippen LogP contribution in [0.1, 0.15) is 11.3 Å². The lowest BCUT2D eigenvalue weighted by Crippen LogP contribution is -2.42. The standard InChI is InChI=1S/C10H12FNO3S/c11-6-8(10(14)15)12-9(13)4-3-7-2-1-5-16-7/h1-2,5,8H,3-4,6H2,(H,12,13)(H,14,15). The number of hydrogen-bond donors (Lipinski definition) is 2. The largest absolute Gasteiger partial charge is 0.480 e. The molecule has 0 bridgehead atoms. The summed E-state index contributed by atoms with van der Waals surface area (Å²) in [5, 5.41) is 12.5. The maximum absolute atomic E-state index is 12.2. The molecule has 0 fully saturated rings. The number of nitrogens with one attached hydrogen (secondary N) is 1. The Morgan fingerprint density at radius 1 is 1.56 bits per heavy atom. The highest BCUT2D eigenvalue weighted by atomic mass is 32.1. The van der Waals surface area contributed by atoms with Crippen molar-refractivity contribution in [1.29, 1.82) is 0 Å². The summed E-state index contributed by atoms with van der Waals surface area (Å²) in [6.45, 7) is -1.10. The summed E-state index contributed by atoms with van der Waals surface area (Å²) in [5.41, 5.74) is 0. The van der Waals surface area contributed by atoms with Gasteiger partial charge < -0.3 is 10.4 Å². The first-order valence-corrected chi connectivity index (χ1v) is 5.62. The third kappa shape index (κ3) is 3.98. The van der Waals surface area contributed by atoms with Crippen LogP contribution < -0.4 is 5.32 Å². The van der Waals surface area contributed by atoms with E-state index in [2.05, 4.69) is 5.32 Å². The van der Waals surface area contributed by atoms with E-state index in [-0.39, 0.29) is 6.42 Å². The maximum atomic E-state index is 12.2. The fraction of sp³-hybridized carbons (Fsp3) is 0.400. The zero-order chi connectivity index (χ0) is 12.0. The summed E-state index contributed by atoms with van der Waals surface area (Å²) in [7, 11) is 0. The van der Waals surface area contributed by atoms with Crippen LogP contribution in [0.4, 0.5) is 4.39 Å². The topological polar surface area (TPSA) is 66.4 Å². The Bertz CT molecular complexity index is 353. The van der Waals surface area contributed by atoms with E-state index in [0.717, 1.165) is 4.88 Å². The molecule has 6 heteroatoms. The van der Waals surface area contributed by atoms with Crippen LogP contribution in [0.15, 0.2) is 17.5 Å². The van der Waals surface area contributed by atoms with Crippen molar-refractivity contribution < 1.29 is 19.1 Å². The van der Waals surface area contributed by atoms with Crippen LogP contribution in [0, 0.1) is 0 Å². The Balaban J connectivity index is 2.33. The van der Waals surface area contributed by atoms with Crippen LogP contribution in [0.3, 0.4) is 0 Å². The van der Waals surface area contributed by atoms with E-state index >= 15 is 0 Å². The van der Waals surface area contributed by atoms with E-state index in [4.69, 9.17) is 5.11 Å². The number of aryl methyl sites for hydroxylation is 1. The molecular weight excluding hydrogens is 233 g/mol. The van der Waals surface area contributed by atoms with Gasteiger partial charge in [0.25, 0.3) is 0 Å². The minimum absolute atomic E-state index is 0.171. The number of amides is 1. The number of hydrogen-bond acceptors (Lipinski definition) is 3. The van der Waals surface area contributed by atoms with Gasteiger partial charge in [0.05, 0.1) is 0 Å². The van der Waals surface area contributed by atoms with E-state index in [0.29, 0.717) is 6.42 Å². The molecule has 1 heterocycles. The predicted octanol–water partition coefficient (Wildman–Crippen LogP) is 1.22. The number of carboxylic acids is 1. The normalized spacial score (nSPS) is 12.1. The summed E-state index contributed by atoms with van der Waals surface area (Å²) in [4.78, 5) is 22.8. The second-order valence-corrected chi connectivity index (χ2v) is 4.22. The number of halogens is 1. The first-order chi connectivity index (χ1) is 7.63. The van der Waals surface area contributed by atoms with Gasteiger partial charge in [0.15, 0.2) is 6.04 Å². The quantitative estimate of drug-likeness (QED) is 0.792. The van der Waals surface area contributed by atoms with Crippen LogP contribution in [-0.4, -0.2) is 29.7 Å². The van der Waals surface area contributed by atoms with Crippen LogP contribution in [0.25, 0.3) is 0 Å². The molecule has 2 N–H and O–H groups in total. The fourth-order valence-corrected chi connectivity index (χ4v) is 1.83. The minimum atomic E-state index is -1.43. The number of alkyl halides is 1. The fourth-order valence-electron chi connectivity index (χ4n) is 1.12. The number of carbonyl (C=O) groups excluding carboxylic acids is 1. The molecule has 0 saturated heterocycles. The molecule has 0 aromatic carbocycles. The first kappa shape index (κ1) is 12.6. The molecule has 1 aromatic rings. The number of rotatable bonds is 6. The molecule has 0 aliphatic carbocycles. The summed E-state index contributed by atoms with van der Waals surface area (Å²) in [5.74, 6) is -1.80. The minimum Gasteiger partial charge on any atom is -0.480 e. The smallest absolute Gasteiger partial charge is 0.328 e. The van der Waals surface area contributed by atoms with Gasteiger partial charge in [-0.25, -0.2) is 9.18 Å². The van der Waals surface area contributed by atoms with Crippen LogP contribution >= 0.6 is 11.3 Å². The molecule has 1 rings (SSSR count). The van der Waals surface area contributed by atoms with Crippen LogP contribution in [0.5, 0.6) is 0 Å². The lowest BCUT2D eigenvalue weighted by Gasteiger charge is -2.09. The zero-order valence-electron chi connectivity index (χ0n) is 8.48. The van der Waals surface area contributed by atoms with E-state index < -0.39 is 24.6 Å². The third-order valence-corrected chi connectivity index (χ3v) is 2.90. The Morgan fingerprint density at radius 2 is 2.31 bits per heavy atom. The molecule has 1 unspecified atom stereocenters. The molecule has 1 aromatic heterocycles. The molecule has 0 radical (unpaired) electrons. The van der Waals surface area contributed by atoms with Gasteiger partial charge in [0, 0.05) is 11.3 Å². The van der Waals surface area contributed by atoms with Gasteiger partial charge in [-0.3, -0.25) is 4.79 Å². The number of carboxylic acid groups (broad SMARTS) is 1. The van der Waals surface area contributed by atoms with Crippen molar-refractivity contribution in [1.82, 2.24) is 5.32 Å². The number of carbonyl (C=O) groups is 2. The van der Waals surface area contributed by atoms with E-state index in [1.165, 1.54) is 11.3 Å². The van der Waals surface area contributed by atoms with Crippen molar-refractivity contribution in [3.05, 3.63) is 22.4 Å². The van der Waals surface area contributed by atoms with E-state index in [9.17, 15) is 14.0 Å². The molecule has 4 nitrogen and oxygen atoms in total. The van der Waals surface area contributed by atoms with Crippen LogP contribution in [-0.2, 0) is 16.0 Å². The molecule has 1 atom stereocenters. The second-order valence-electron chi connectivity index (χ2n) is 3.19. The summed E-state index contributed by atoms with van der Waals surface area (Å²) in [6.07, 6.45) is 0.715. The average Bonchev–Trinajstić information content (AvgIpc) is 2.75. The van der Waals surface area contributed by atoms with Crippen molar-refractivity contribution >= 4 is 23.2 Å². The molecule has 88 valence electrons. The summed E-state index contributed by atoms with van der Waals surface area (Å²) in [6, 6.07) is 2.33. The Hall–Kier alpha value is -1.43. The lowest BCUT2D eigenvalue weighted by atomic mass is 10.2. The molecule has 1 amide bonds. The van der Waals surface area contributed by atoms with E-state index in [1.807, 2.05) is 17.5 Å². The van der Waals surface area contributed by atoms with Gasteiger partial charge in [0.1, 0.15) is 6.67 Å². The molecule has 0 spiro atoms. The highest BCUT2D eigenvalue weighted by Gasteiger charge is 2.19. The van der Waals surface area contributed by atoms with Gasteiger partial charge in [-0.2, -0.15) is 0 Å². The molecular formula is C10H12FNO3S. The zero-order valence-corrected chi connectivity index (χ0v) is 9.30. The van der Waals surface area contributed by atoms with Gasteiger partial charge in [-0.15, -0.1) is 11.3 Å². The van der Waals surface area contributed by atoms with Crippen molar-refractivity contribution in [3.8, 4) is 0 Å². The summed E-state index contributed by atoms with van der Waals surface area (Å²) < 4.78 is 12.2. The van der Waals surface area contributed by atoms with E-state index in [1.54, 1.807) is 0 Å². The lowest BCUT2D eigenvalue weighted by molar-refractivity contribution is -0.142. The van der Waals surface area contributed by atoms with Gasteiger partial charge >= 0.3 is 5.97 Å². The highest BCUT2D eigenvalue weighted by Crippen LogP contribution is 2.10. The summed E-state index contributed by atoms with van der Waals surface area (Å²) >= 11 is 1.53. The van der Waals surface area contributed by atoms with Crippen LogP contribution in [0.2, 0.25) is 0 Å². The predicted molar refractivity (Wildman–Crippen MR) is 58.2 cm³/mol. The van der Waals surface area contributed by atoms with Crippen molar-refractivity contribution in [2.45, 2.75) is 18.9 Å². The number of aliphatic carboxylic acids is 1. The Morgan fingerprint density at radius 3 is 2.81 bits per heavy atom. The van der Waals surface area contributed by atoms with Gasteiger partial charge in [0.2, 0.25) is 5.91 Å². The monoisotopic (exact) mass is 245 g/mol. The molecule has 0 aliphatic rings. The molecule has 16 heavy (non-hydrogen) atoms. The Kier molecular flexibility index (Phi) is 4.91. The molecule has 0 aliphatic heterocycles. The second kappa shape index (κ2) is 6.22. The van der Waals surface area contributed by atoms with Crippen molar-refractivity contribution in [3.63, 3.8) is 0 Å². The highest BCUT2D eigenvalue weighted by molar-refractivity contribution is 7.09. The Labute approximate surface area is 96.1 Å². The molecule has 0 saturated carbocycles. The van der Waals surface area contributed by atoms with Gasteiger partial charge in [-0.05, 0) is 17.9 Å². The van der Waals surface area contributed by atoms with Crippen molar-refractivity contribution in [2.24, 2.45) is 0 Å². The first-order valence-electron chi connectivity index (χ1n) is 4.74. The third-order valence-electron chi connectivity index (χ3n) is 1.97. The maximum Gasteiger partial charge on any atom is 0.328 e. The van der Waals surface area contributed by atoms with Crippen molar-refractivity contribution in [2.75, 3.05) is 6.67 Å². The average molecular weight is 245 g/mol. The SMILES string of the molecule is O=C(CCc1cccs1)NC(CF)C(=O)O. The number of thiophene rings is 1. The van der Waals surface area contributed by atoms with Gasteiger partial charge in [-0.1, -0.05) is 6.07 Å².